The highest BCUT2D eigenvalue weighted by Crippen LogP contribution is 2.30. The summed E-state index contributed by atoms with van der Waals surface area (Å²) in [6.07, 6.45) is 1.61. The molecule has 1 aliphatic heterocycles. The molecule has 1 aliphatic rings. The molecule has 0 spiro atoms. The maximum absolute atomic E-state index is 13.1. The lowest BCUT2D eigenvalue weighted by atomic mass is 10.1. The number of amides is 1. The van der Waals surface area contributed by atoms with Crippen molar-refractivity contribution in [1.82, 2.24) is 10.2 Å². The Morgan fingerprint density at radius 3 is 2.58 bits per heavy atom. The number of methoxy groups -OCH3 is 1. The summed E-state index contributed by atoms with van der Waals surface area (Å²) >= 11 is 5.13. The number of esters is 1. The van der Waals surface area contributed by atoms with Crippen LogP contribution in [0.4, 0.5) is 4.39 Å². The van der Waals surface area contributed by atoms with Gasteiger partial charge in [0.15, 0.2) is 16.6 Å². The predicted molar refractivity (Wildman–Crippen MR) is 116 cm³/mol. The highest BCUT2D eigenvalue weighted by atomic mass is 32.1. The highest BCUT2D eigenvalue weighted by molar-refractivity contribution is 7.80. The Kier molecular flexibility index (Phi) is 7.19. The van der Waals surface area contributed by atoms with Crippen molar-refractivity contribution in [3.63, 3.8) is 0 Å². The van der Waals surface area contributed by atoms with E-state index >= 15 is 0 Å². The Hall–Kier alpha value is -3.46. The van der Waals surface area contributed by atoms with E-state index in [1.54, 1.807) is 36.4 Å². The van der Waals surface area contributed by atoms with E-state index in [9.17, 15) is 14.0 Å². The van der Waals surface area contributed by atoms with Crippen molar-refractivity contribution < 1.29 is 28.2 Å². The van der Waals surface area contributed by atoms with Crippen LogP contribution in [0.25, 0.3) is 6.08 Å². The number of nitrogens with one attached hydrogen (secondary N) is 1. The van der Waals surface area contributed by atoms with Gasteiger partial charge in [-0.05, 0) is 60.6 Å². The van der Waals surface area contributed by atoms with E-state index in [0.29, 0.717) is 23.7 Å². The van der Waals surface area contributed by atoms with Crippen LogP contribution in [-0.2, 0) is 20.9 Å². The third-order valence-electron chi connectivity index (χ3n) is 4.36. The second-order valence-corrected chi connectivity index (χ2v) is 6.90. The SMILES string of the molecule is CCOc1cc(/C=C2\NC(=S)N(CC(=O)OC)C2=O)ccc1OCc1ccc(F)cc1. The summed E-state index contributed by atoms with van der Waals surface area (Å²) in [4.78, 5) is 25.2. The summed E-state index contributed by atoms with van der Waals surface area (Å²) in [7, 11) is 1.24. The summed E-state index contributed by atoms with van der Waals surface area (Å²) in [6, 6.07) is 11.3. The van der Waals surface area contributed by atoms with Crippen molar-refractivity contribution >= 4 is 35.3 Å². The summed E-state index contributed by atoms with van der Waals surface area (Å²) in [5.74, 6) is -0.291. The molecule has 1 heterocycles. The largest absolute Gasteiger partial charge is 0.490 e. The molecule has 0 radical (unpaired) electrons. The summed E-state index contributed by atoms with van der Waals surface area (Å²) in [5.41, 5.74) is 1.72. The van der Waals surface area contributed by atoms with Gasteiger partial charge < -0.3 is 19.5 Å². The first-order valence-corrected chi connectivity index (χ1v) is 9.87. The van der Waals surface area contributed by atoms with E-state index < -0.39 is 11.9 Å². The van der Waals surface area contributed by atoms with Crippen molar-refractivity contribution in [3.8, 4) is 11.5 Å². The minimum Gasteiger partial charge on any atom is -0.490 e. The number of hydrogen-bond acceptors (Lipinski definition) is 6. The third-order valence-corrected chi connectivity index (χ3v) is 4.69. The summed E-state index contributed by atoms with van der Waals surface area (Å²) in [6.45, 7) is 2.25. The molecule has 0 aliphatic carbocycles. The third kappa shape index (κ3) is 5.58. The smallest absolute Gasteiger partial charge is 0.325 e. The zero-order valence-corrected chi connectivity index (χ0v) is 17.8. The molecule has 1 saturated heterocycles. The molecule has 1 N–H and O–H groups in total. The molecule has 1 amide bonds. The van der Waals surface area contributed by atoms with Crippen LogP contribution in [0.2, 0.25) is 0 Å². The van der Waals surface area contributed by atoms with Crippen LogP contribution in [0.15, 0.2) is 48.2 Å². The fourth-order valence-corrected chi connectivity index (χ4v) is 3.08. The van der Waals surface area contributed by atoms with Gasteiger partial charge in [0.2, 0.25) is 0 Å². The molecule has 2 aromatic carbocycles. The number of carbonyl (C=O) groups excluding carboxylic acids is 2. The van der Waals surface area contributed by atoms with Crippen molar-refractivity contribution in [2.45, 2.75) is 13.5 Å². The number of carbonyl (C=O) groups is 2. The van der Waals surface area contributed by atoms with Crippen molar-refractivity contribution in [1.29, 1.82) is 0 Å². The Morgan fingerprint density at radius 2 is 1.90 bits per heavy atom. The maximum atomic E-state index is 13.1. The fourth-order valence-electron chi connectivity index (χ4n) is 2.82. The van der Waals surface area contributed by atoms with Gasteiger partial charge in [-0.2, -0.15) is 0 Å². The van der Waals surface area contributed by atoms with Gasteiger partial charge in [-0.25, -0.2) is 4.39 Å². The van der Waals surface area contributed by atoms with E-state index in [-0.39, 0.29) is 29.8 Å². The molecule has 3 rings (SSSR count). The van der Waals surface area contributed by atoms with Crippen LogP contribution in [-0.4, -0.2) is 42.2 Å². The molecule has 0 atom stereocenters. The Labute approximate surface area is 184 Å². The Morgan fingerprint density at radius 1 is 1.16 bits per heavy atom. The van der Waals surface area contributed by atoms with Crippen LogP contribution in [0.1, 0.15) is 18.1 Å². The average molecular weight is 444 g/mol. The van der Waals surface area contributed by atoms with E-state index in [0.717, 1.165) is 10.5 Å². The quantitative estimate of drug-likeness (QED) is 0.381. The topological polar surface area (TPSA) is 77.1 Å². The minimum atomic E-state index is -0.569. The van der Waals surface area contributed by atoms with Gasteiger partial charge in [0.25, 0.3) is 5.91 Å². The zero-order chi connectivity index (χ0) is 22.4. The molecule has 0 saturated carbocycles. The van der Waals surface area contributed by atoms with Crippen LogP contribution in [0.5, 0.6) is 11.5 Å². The van der Waals surface area contributed by atoms with Crippen LogP contribution in [0.3, 0.4) is 0 Å². The number of thiocarbonyl (C=S) groups is 1. The molecule has 7 nitrogen and oxygen atoms in total. The second kappa shape index (κ2) is 10.0. The average Bonchev–Trinajstić information content (AvgIpc) is 3.01. The molecule has 9 heteroatoms. The highest BCUT2D eigenvalue weighted by Gasteiger charge is 2.32. The second-order valence-electron chi connectivity index (χ2n) is 6.51. The van der Waals surface area contributed by atoms with Gasteiger partial charge in [0.1, 0.15) is 24.7 Å². The Balaban J connectivity index is 1.77. The van der Waals surface area contributed by atoms with Crippen LogP contribution >= 0.6 is 12.2 Å². The van der Waals surface area contributed by atoms with Gasteiger partial charge in [0.05, 0.1) is 13.7 Å². The van der Waals surface area contributed by atoms with Gasteiger partial charge in [-0.3, -0.25) is 14.5 Å². The van der Waals surface area contributed by atoms with Crippen LogP contribution < -0.4 is 14.8 Å². The van der Waals surface area contributed by atoms with E-state index in [4.69, 9.17) is 21.7 Å². The van der Waals surface area contributed by atoms with Gasteiger partial charge >= 0.3 is 5.97 Å². The molecular weight excluding hydrogens is 423 g/mol. The number of benzene rings is 2. The van der Waals surface area contributed by atoms with Crippen molar-refractivity contribution in [2.75, 3.05) is 20.3 Å². The monoisotopic (exact) mass is 444 g/mol. The molecular formula is C22H21FN2O5S. The number of rotatable bonds is 8. The lowest BCUT2D eigenvalue weighted by Gasteiger charge is -2.13. The molecule has 0 aromatic heterocycles. The van der Waals surface area contributed by atoms with Gasteiger partial charge in [-0.1, -0.05) is 18.2 Å². The molecule has 1 fully saturated rings. The maximum Gasteiger partial charge on any atom is 0.325 e. The number of halogens is 1. The van der Waals surface area contributed by atoms with Crippen molar-refractivity contribution in [3.05, 3.63) is 65.1 Å². The fraction of sp³-hybridized carbons (Fsp3) is 0.227. The van der Waals surface area contributed by atoms with Crippen LogP contribution in [0, 0.1) is 5.82 Å². The first kappa shape index (κ1) is 22.2. The summed E-state index contributed by atoms with van der Waals surface area (Å²) < 4.78 is 29.1. The number of nitrogens with zero attached hydrogens (tertiary/aromatic N) is 1. The minimum absolute atomic E-state index is 0.130. The molecule has 0 bridgehead atoms. The summed E-state index contributed by atoms with van der Waals surface area (Å²) in [5, 5.41) is 2.94. The number of ether oxygens (including phenoxy) is 3. The zero-order valence-electron chi connectivity index (χ0n) is 17.0. The van der Waals surface area contributed by atoms with Gasteiger partial charge in [-0.15, -0.1) is 0 Å². The lowest BCUT2D eigenvalue weighted by molar-refractivity contribution is -0.143. The van der Waals surface area contributed by atoms with Crippen molar-refractivity contribution in [2.24, 2.45) is 0 Å². The standard InChI is InChI=1S/C22H21FN2O5S/c1-3-29-19-11-15(6-9-18(19)30-13-14-4-7-16(23)8-5-14)10-17-21(27)25(22(31)24-17)12-20(26)28-2/h4-11H,3,12-13H2,1-2H3,(H,24,31)/b17-10-. The molecule has 162 valence electrons. The number of hydrogen-bond donors (Lipinski definition) is 1. The predicted octanol–water partition coefficient (Wildman–Crippen LogP) is 3.03. The first-order valence-electron chi connectivity index (χ1n) is 9.46. The van der Waals surface area contributed by atoms with E-state index in [1.165, 1.54) is 19.2 Å². The Bertz CT molecular complexity index is 1020. The van der Waals surface area contributed by atoms with Gasteiger partial charge in [0, 0.05) is 0 Å². The van der Waals surface area contributed by atoms with E-state index in [2.05, 4.69) is 10.1 Å². The normalized spacial score (nSPS) is 14.5. The molecule has 31 heavy (non-hydrogen) atoms. The molecule has 0 unspecified atom stereocenters. The lowest BCUT2D eigenvalue weighted by Crippen LogP contribution is -2.35. The first-order chi connectivity index (χ1) is 14.9. The van der Waals surface area contributed by atoms with E-state index in [1.807, 2.05) is 6.92 Å². The molecule has 2 aromatic rings.